The highest BCUT2D eigenvalue weighted by molar-refractivity contribution is 7.22. The first-order valence-corrected chi connectivity index (χ1v) is 9.06. The lowest BCUT2D eigenvalue weighted by Crippen LogP contribution is -2.30. The number of hydrogen-bond acceptors (Lipinski definition) is 4. The van der Waals surface area contributed by atoms with Crippen LogP contribution in [0.5, 0.6) is 0 Å². The number of thiazole rings is 1. The van der Waals surface area contributed by atoms with Gasteiger partial charge in [-0.1, -0.05) is 23.5 Å². The number of benzene rings is 2. The Bertz CT molecular complexity index is 1160. The molecule has 2 heterocycles. The molecular weight excluding hydrogens is 387 g/mol. The Morgan fingerprint density at radius 2 is 1.86 bits per heavy atom. The highest BCUT2D eigenvalue weighted by Gasteiger charge is 2.23. The normalized spacial score (nSPS) is 11.0. The van der Waals surface area contributed by atoms with Crippen molar-refractivity contribution in [2.24, 2.45) is 0 Å². The number of hydrogen-bond donors (Lipinski definition) is 0. The van der Waals surface area contributed by atoms with E-state index >= 15 is 0 Å². The Kier molecular flexibility index (Phi) is 4.79. The molecule has 28 heavy (non-hydrogen) atoms. The van der Waals surface area contributed by atoms with Crippen molar-refractivity contribution < 1.29 is 18.0 Å². The van der Waals surface area contributed by atoms with E-state index < -0.39 is 23.4 Å². The predicted molar refractivity (Wildman–Crippen MR) is 101 cm³/mol. The summed E-state index contributed by atoms with van der Waals surface area (Å²) in [5.74, 6) is -2.62. The van der Waals surface area contributed by atoms with Crippen LogP contribution in [0.25, 0.3) is 10.2 Å². The first-order chi connectivity index (χ1) is 13.5. The van der Waals surface area contributed by atoms with Gasteiger partial charge >= 0.3 is 0 Å². The molecule has 0 saturated heterocycles. The molecule has 4 nitrogen and oxygen atoms in total. The molecule has 2 aromatic carbocycles. The largest absolute Gasteiger partial charge is 0.278 e. The van der Waals surface area contributed by atoms with E-state index in [1.54, 1.807) is 24.4 Å². The molecule has 1 amide bonds. The lowest BCUT2D eigenvalue weighted by Gasteiger charge is -2.19. The Morgan fingerprint density at radius 1 is 1.00 bits per heavy atom. The smallest absolute Gasteiger partial charge is 0.260 e. The van der Waals surface area contributed by atoms with Gasteiger partial charge in [0.15, 0.2) is 10.9 Å². The highest BCUT2D eigenvalue weighted by Crippen LogP contribution is 2.32. The molecular formula is C20H12F3N3OS. The minimum absolute atomic E-state index is 0.0283. The SMILES string of the molecule is O=C(c1cccc(F)c1)N(Cc1ccccn1)c1nc2c(F)cc(F)cc2s1. The van der Waals surface area contributed by atoms with Crippen molar-refractivity contribution in [2.75, 3.05) is 4.90 Å². The zero-order valence-corrected chi connectivity index (χ0v) is 15.1. The number of carbonyl (C=O) groups excluding carboxylic acids is 1. The quantitative estimate of drug-likeness (QED) is 0.488. The van der Waals surface area contributed by atoms with E-state index in [0.29, 0.717) is 5.69 Å². The summed E-state index contributed by atoms with van der Waals surface area (Å²) in [6.07, 6.45) is 1.58. The number of rotatable bonds is 4. The molecule has 0 N–H and O–H groups in total. The molecule has 0 unspecified atom stereocenters. The molecule has 0 fully saturated rings. The number of halogens is 3. The van der Waals surface area contributed by atoms with E-state index in [0.717, 1.165) is 29.5 Å². The first kappa shape index (κ1) is 18.1. The van der Waals surface area contributed by atoms with Crippen LogP contribution in [-0.2, 0) is 6.54 Å². The topological polar surface area (TPSA) is 46.1 Å². The van der Waals surface area contributed by atoms with E-state index in [1.807, 2.05) is 0 Å². The van der Waals surface area contributed by atoms with E-state index in [1.165, 1.54) is 23.1 Å². The van der Waals surface area contributed by atoms with Crippen molar-refractivity contribution in [1.29, 1.82) is 0 Å². The Balaban J connectivity index is 1.80. The number of pyridine rings is 1. The van der Waals surface area contributed by atoms with Crippen LogP contribution in [0, 0.1) is 17.5 Å². The van der Waals surface area contributed by atoms with E-state index in [9.17, 15) is 18.0 Å². The van der Waals surface area contributed by atoms with Gasteiger partial charge in [0.2, 0.25) is 0 Å². The predicted octanol–water partition coefficient (Wildman–Crippen LogP) is 4.96. The molecule has 4 rings (SSSR count). The fraction of sp³-hybridized carbons (Fsp3) is 0.0500. The van der Waals surface area contributed by atoms with Crippen LogP contribution in [-0.4, -0.2) is 15.9 Å². The van der Waals surface area contributed by atoms with Crippen molar-refractivity contribution in [3.8, 4) is 0 Å². The fourth-order valence-electron chi connectivity index (χ4n) is 2.72. The van der Waals surface area contributed by atoms with Crippen LogP contribution >= 0.6 is 11.3 Å². The molecule has 0 bridgehead atoms. The standard InChI is InChI=1S/C20H12F3N3OS/c21-13-5-3-4-12(8-13)19(27)26(11-15-6-1-2-7-24-15)20-25-18-16(23)9-14(22)10-17(18)28-20/h1-10H,11H2. The maximum Gasteiger partial charge on any atom is 0.260 e. The van der Waals surface area contributed by atoms with Crippen LogP contribution in [0.4, 0.5) is 18.3 Å². The van der Waals surface area contributed by atoms with E-state index in [2.05, 4.69) is 9.97 Å². The van der Waals surface area contributed by atoms with Crippen molar-refractivity contribution >= 4 is 32.6 Å². The van der Waals surface area contributed by atoms with Gasteiger partial charge in [0.25, 0.3) is 5.91 Å². The molecule has 0 radical (unpaired) electrons. The molecule has 8 heteroatoms. The van der Waals surface area contributed by atoms with Crippen LogP contribution in [0.1, 0.15) is 16.1 Å². The number of nitrogens with zero attached hydrogens (tertiary/aromatic N) is 3. The summed E-state index contributed by atoms with van der Waals surface area (Å²) < 4.78 is 41.5. The van der Waals surface area contributed by atoms with Crippen LogP contribution in [0.3, 0.4) is 0 Å². The summed E-state index contributed by atoms with van der Waals surface area (Å²) in [7, 11) is 0. The number of anilines is 1. The maximum atomic E-state index is 14.1. The van der Waals surface area contributed by atoms with Crippen molar-refractivity contribution in [1.82, 2.24) is 9.97 Å². The molecule has 4 aromatic rings. The number of carbonyl (C=O) groups is 1. The zero-order chi connectivity index (χ0) is 19.7. The molecule has 0 aliphatic rings. The molecule has 0 spiro atoms. The van der Waals surface area contributed by atoms with Gasteiger partial charge in [0, 0.05) is 17.8 Å². The van der Waals surface area contributed by atoms with Crippen molar-refractivity contribution in [3.63, 3.8) is 0 Å². The lowest BCUT2D eigenvalue weighted by molar-refractivity contribution is 0.0984. The second kappa shape index (κ2) is 7.40. The van der Waals surface area contributed by atoms with Gasteiger partial charge in [-0.05, 0) is 36.4 Å². The highest BCUT2D eigenvalue weighted by atomic mass is 32.1. The van der Waals surface area contributed by atoms with Crippen LogP contribution in [0.2, 0.25) is 0 Å². The minimum Gasteiger partial charge on any atom is -0.278 e. The molecule has 0 saturated carbocycles. The third-order valence-electron chi connectivity index (χ3n) is 4.00. The molecule has 2 aromatic heterocycles. The number of amides is 1. The van der Waals surface area contributed by atoms with Gasteiger partial charge in [-0.3, -0.25) is 14.7 Å². The summed E-state index contributed by atoms with van der Waals surface area (Å²) in [5, 5.41) is 0.166. The summed E-state index contributed by atoms with van der Waals surface area (Å²) in [6, 6.07) is 12.4. The van der Waals surface area contributed by atoms with E-state index in [-0.39, 0.29) is 27.5 Å². The molecule has 140 valence electrons. The van der Waals surface area contributed by atoms with Crippen LogP contribution in [0.15, 0.2) is 60.8 Å². The first-order valence-electron chi connectivity index (χ1n) is 8.24. The molecule has 0 aliphatic carbocycles. The Labute approximate surface area is 161 Å². The monoisotopic (exact) mass is 399 g/mol. The Hall–Kier alpha value is -3.26. The third kappa shape index (κ3) is 3.59. The lowest BCUT2D eigenvalue weighted by atomic mass is 10.2. The average molecular weight is 399 g/mol. The fourth-order valence-corrected chi connectivity index (χ4v) is 3.72. The second-order valence-corrected chi connectivity index (χ2v) is 6.96. The summed E-state index contributed by atoms with van der Waals surface area (Å²) >= 11 is 0.973. The van der Waals surface area contributed by atoms with Gasteiger partial charge < -0.3 is 0 Å². The minimum atomic E-state index is -0.812. The number of aromatic nitrogens is 2. The maximum absolute atomic E-state index is 14.1. The van der Waals surface area contributed by atoms with Gasteiger partial charge in [0.1, 0.15) is 17.2 Å². The van der Waals surface area contributed by atoms with Gasteiger partial charge in [-0.15, -0.1) is 0 Å². The van der Waals surface area contributed by atoms with E-state index in [4.69, 9.17) is 0 Å². The summed E-state index contributed by atoms with van der Waals surface area (Å²) in [6.45, 7) is 0.0418. The number of fused-ring (bicyclic) bond motifs is 1. The Morgan fingerprint density at radius 3 is 2.61 bits per heavy atom. The second-order valence-electron chi connectivity index (χ2n) is 5.95. The molecule has 0 aliphatic heterocycles. The van der Waals surface area contributed by atoms with Crippen molar-refractivity contribution in [3.05, 3.63) is 89.5 Å². The molecule has 0 atom stereocenters. The summed E-state index contributed by atoms with van der Waals surface area (Å²) in [4.78, 5) is 22.7. The van der Waals surface area contributed by atoms with Gasteiger partial charge in [0.05, 0.1) is 16.9 Å². The average Bonchev–Trinajstić information content (AvgIpc) is 3.10. The van der Waals surface area contributed by atoms with Crippen molar-refractivity contribution in [2.45, 2.75) is 6.54 Å². The van der Waals surface area contributed by atoms with Gasteiger partial charge in [-0.2, -0.15) is 0 Å². The van der Waals surface area contributed by atoms with Gasteiger partial charge in [-0.25, -0.2) is 18.2 Å². The zero-order valence-electron chi connectivity index (χ0n) is 14.3. The van der Waals surface area contributed by atoms with Crippen LogP contribution < -0.4 is 4.90 Å². The summed E-state index contributed by atoms with van der Waals surface area (Å²) in [5.41, 5.74) is 0.652. The third-order valence-corrected chi connectivity index (χ3v) is 5.02.